The standard InChI is InChI=1S/C12H15BrN2O/c1-12(11(14)16,15-10-6-7-10)8-2-4-9(13)5-3-8/h2-5,10,15H,6-7H2,1H3,(H2,14,16). The number of hydrogen-bond acceptors (Lipinski definition) is 2. The van der Waals surface area contributed by atoms with Gasteiger partial charge in [0, 0.05) is 10.5 Å². The third-order valence-electron chi connectivity index (χ3n) is 2.98. The smallest absolute Gasteiger partial charge is 0.242 e. The summed E-state index contributed by atoms with van der Waals surface area (Å²) in [6.07, 6.45) is 2.25. The number of carbonyl (C=O) groups is 1. The second-order valence-corrected chi connectivity index (χ2v) is 5.33. The van der Waals surface area contributed by atoms with Crippen LogP contribution in [0.15, 0.2) is 28.7 Å². The molecule has 2 rings (SSSR count). The van der Waals surface area contributed by atoms with E-state index in [1.165, 1.54) is 0 Å². The molecule has 0 radical (unpaired) electrons. The van der Waals surface area contributed by atoms with E-state index in [9.17, 15) is 4.79 Å². The van der Waals surface area contributed by atoms with Gasteiger partial charge in [-0.25, -0.2) is 0 Å². The molecule has 0 saturated heterocycles. The van der Waals surface area contributed by atoms with E-state index in [4.69, 9.17) is 5.73 Å². The van der Waals surface area contributed by atoms with Crippen molar-refractivity contribution in [3.8, 4) is 0 Å². The molecule has 1 unspecified atom stereocenters. The van der Waals surface area contributed by atoms with Crippen LogP contribution in [-0.4, -0.2) is 11.9 Å². The van der Waals surface area contributed by atoms with Crippen molar-refractivity contribution in [2.75, 3.05) is 0 Å². The Morgan fingerprint density at radius 3 is 2.44 bits per heavy atom. The lowest BCUT2D eigenvalue weighted by atomic mass is 9.91. The van der Waals surface area contributed by atoms with Gasteiger partial charge in [0.15, 0.2) is 0 Å². The van der Waals surface area contributed by atoms with Crippen LogP contribution in [0.2, 0.25) is 0 Å². The molecule has 86 valence electrons. The van der Waals surface area contributed by atoms with Crippen LogP contribution in [-0.2, 0) is 10.3 Å². The van der Waals surface area contributed by atoms with Crippen molar-refractivity contribution >= 4 is 21.8 Å². The number of benzene rings is 1. The van der Waals surface area contributed by atoms with Crippen LogP contribution in [0.25, 0.3) is 0 Å². The van der Waals surface area contributed by atoms with E-state index >= 15 is 0 Å². The monoisotopic (exact) mass is 282 g/mol. The van der Waals surface area contributed by atoms with E-state index in [-0.39, 0.29) is 5.91 Å². The van der Waals surface area contributed by atoms with E-state index in [1.807, 2.05) is 31.2 Å². The van der Waals surface area contributed by atoms with Crippen molar-refractivity contribution in [1.82, 2.24) is 5.32 Å². The number of carbonyl (C=O) groups excluding carboxylic acids is 1. The highest BCUT2D eigenvalue weighted by Crippen LogP contribution is 2.29. The third kappa shape index (κ3) is 2.28. The van der Waals surface area contributed by atoms with Gasteiger partial charge in [-0.3, -0.25) is 10.1 Å². The fourth-order valence-electron chi connectivity index (χ4n) is 1.72. The predicted octanol–water partition coefficient (Wildman–Crippen LogP) is 1.90. The Labute approximate surface area is 104 Å². The van der Waals surface area contributed by atoms with Crippen molar-refractivity contribution in [1.29, 1.82) is 0 Å². The zero-order valence-corrected chi connectivity index (χ0v) is 10.8. The minimum Gasteiger partial charge on any atom is -0.368 e. The summed E-state index contributed by atoms with van der Waals surface area (Å²) in [6.45, 7) is 1.84. The third-order valence-corrected chi connectivity index (χ3v) is 3.51. The number of halogens is 1. The number of nitrogens with two attached hydrogens (primary N) is 1. The first-order valence-corrected chi connectivity index (χ1v) is 6.15. The molecule has 3 nitrogen and oxygen atoms in total. The van der Waals surface area contributed by atoms with Gasteiger partial charge in [0.1, 0.15) is 5.54 Å². The SMILES string of the molecule is CC(NC1CC1)(C(N)=O)c1ccc(Br)cc1. The molecule has 1 aromatic rings. The topological polar surface area (TPSA) is 55.1 Å². The van der Waals surface area contributed by atoms with Gasteiger partial charge in [0.05, 0.1) is 0 Å². The van der Waals surface area contributed by atoms with Gasteiger partial charge in [0.2, 0.25) is 5.91 Å². The summed E-state index contributed by atoms with van der Waals surface area (Å²) in [5.41, 5.74) is 5.65. The molecule has 1 atom stereocenters. The predicted molar refractivity (Wildman–Crippen MR) is 66.8 cm³/mol. The molecule has 3 N–H and O–H groups in total. The number of nitrogens with one attached hydrogen (secondary N) is 1. The van der Waals surface area contributed by atoms with Crippen LogP contribution < -0.4 is 11.1 Å². The molecule has 1 aliphatic rings. The average Bonchev–Trinajstić information content (AvgIpc) is 3.02. The second kappa shape index (κ2) is 4.18. The zero-order chi connectivity index (χ0) is 11.8. The number of hydrogen-bond donors (Lipinski definition) is 2. The van der Waals surface area contributed by atoms with Crippen LogP contribution in [0.4, 0.5) is 0 Å². The molecule has 4 heteroatoms. The van der Waals surface area contributed by atoms with Gasteiger partial charge in [-0.05, 0) is 37.5 Å². The maximum Gasteiger partial charge on any atom is 0.242 e. The Morgan fingerprint density at radius 1 is 1.44 bits per heavy atom. The van der Waals surface area contributed by atoms with Gasteiger partial charge in [-0.2, -0.15) is 0 Å². The van der Waals surface area contributed by atoms with Crippen molar-refractivity contribution in [2.24, 2.45) is 5.73 Å². The summed E-state index contributed by atoms with van der Waals surface area (Å²) in [5.74, 6) is -0.332. The fraction of sp³-hybridized carbons (Fsp3) is 0.417. The Bertz CT molecular complexity index is 400. The molecule has 0 spiro atoms. The first-order chi connectivity index (χ1) is 7.52. The van der Waals surface area contributed by atoms with E-state index in [0.717, 1.165) is 22.9 Å². The minimum absolute atomic E-state index is 0.332. The largest absolute Gasteiger partial charge is 0.368 e. The molecule has 0 heterocycles. The van der Waals surface area contributed by atoms with Gasteiger partial charge in [-0.15, -0.1) is 0 Å². The van der Waals surface area contributed by atoms with Gasteiger partial charge in [-0.1, -0.05) is 28.1 Å². The Kier molecular flexibility index (Phi) is 3.04. The summed E-state index contributed by atoms with van der Waals surface area (Å²) in [7, 11) is 0. The number of rotatable bonds is 4. The van der Waals surface area contributed by atoms with E-state index in [0.29, 0.717) is 6.04 Å². The molecule has 0 bridgehead atoms. The Hall–Kier alpha value is -0.870. The molecule has 0 aliphatic heterocycles. The van der Waals surface area contributed by atoms with Crippen molar-refractivity contribution in [2.45, 2.75) is 31.3 Å². The normalized spacial score (nSPS) is 19.1. The first-order valence-electron chi connectivity index (χ1n) is 5.36. The van der Waals surface area contributed by atoms with E-state index in [2.05, 4.69) is 21.2 Å². The summed E-state index contributed by atoms with van der Waals surface area (Å²) in [5, 5.41) is 3.31. The minimum atomic E-state index is -0.762. The molecular formula is C12H15BrN2O. The molecule has 1 aliphatic carbocycles. The number of amides is 1. The van der Waals surface area contributed by atoms with Gasteiger partial charge in [0.25, 0.3) is 0 Å². The summed E-state index contributed by atoms with van der Waals surface area (Å²) < 4.78 is 0.995. The average molecular weight is 283 g/mol. The highest BCUT2D eigenvalue weighted by atomic mass is 79.9. The molecule has 1 amide bonds. The quantitative estimate of drug-likeness (QED) is 0.886. The molecular weight excluding hydrogens is 268 g/mol. The van der Waals surface area contributed by atoms with Crippen molar-refractivity contribution < 1.29 is 4.79 Å². The van der Waals surface area contributed by atoms with Crippen LogP contribution in [0.5, 0.6) is 0 Å². The maximum absolute atomic E-state index is 11.6. The molecule has 1 fully saturated rings. The van der Waals surface area contributed by atoms with Gasteiger partial charge < -0.3 is 5.73 Å². The lowest BCUT2D eigenvalue weighted by molar-refractivity contribution is -0.124. The Morgan fingerprint density at radius 2 is 2.00 bits per heavy atom. The first kappa shape index (κ1) is 11.6. The highest BCUT2D eigenvalue weighted by molar-refractivity contribution is 9.10. The highest BCUT2D eigenvalue weighted by Gasteiger charge is 2.38. The fourth-order valence-corrected chi connectivity index (χ4v) is 1.98. The van der Waals surface area contributed by atoms with E-state index in [1.54, 1.807) is 0 Å². The summed E-state index contributed by atoms with van der Waals surface area (Å²) >= 11 is 3.38. The Balaban J connectivity index is 2.30. The maximum atomic E-state index is 11.6. The molecule has 1 aromatic carbocycles. The lowest BCUT2D eigenvalue weighted by Crippen LogP contribution is -2.51. The van der Waals surface area contributed by atoms with E-state index < -0.39 is 5.54 Å². The van der Waals surface area contributed by atoms with Crippen LogP contribution >= 0.6 is 15.9 Å². The second-order valence-electron chi connectivity index (χ2n) is 4.41. The van der Waals surface area contributed by atoms with Gasteiger partial charge >= 0.3 is 0 Å². The summed E-state index contributed by atoms with van der Waals surface area (Å²) in [4.78, 5) is 11.6. The zero-order valence-electron chi connectivity index (χ0n) is 9.16. The number of primary amides is 1. The molecule has 16 heavy (non-hydrogen) atoms. The molecule has 0 aromatic heterocycles. The lowest BCUT2D eigenvalue weighted by Gasteiger charge is -2.28. The molecule has 1 saturated carbocycles. The van der Waals surface area contributed by atoms with Crippen LogP contribution in [0, 0.1) is 0 Å². The van der Waals surface area contributed by atoms with Crippen molar-refractivity contribution in [3.05, 3.63) is 34.3 Å². The summed E-state index contributed by atoms with van der Waals surface area (Å²) in [6, 6.07) is 8.12. The van der Waals surface area contributed by atoms with Crippen LogP contribution in [0.3, 0.4) is 0 Å². The van der Waals surface area contributed by atoms with Crippen LogP contribution in [0.1, 0.15) is 25.3 Å². The van der Waals surface area contributed by atoms with Crippen molar-refractivity contribution in [3.63, 3.8) is 0 Å².